The van der Waals surface area contributed by atoms with Gasteiger partial charge in [-0.1, -0.05) is 6.92 Å². The number of anilines is 1. The van der Waals surface area contributed by atoms with Gasteiger partial charge in [0.1, 0.15) is 18.6 Å². The Balaban J connectivity index is 2.32. The molecule has 2 rings (SSSR count). The standard InChI is InChI=1S/C17H23N3O4/c1-4-14-10-15(19-17(18-14)13-6-8-23-12-13)20(7-9-22-3)11-16(21)24-5-2/h6,8,10,12H,4-5,7,9,11H2,1-3H3. The molecule has 0 atom stereocenters. The minimum atomic E-state index is -0.296. The normalized spacial score (nSPS) is 10.6. The van der Waals surface area contributed by atoms with Crippen molar-refractivity contribution in [1.29, 1.82) is 0 Å². The summed E-state index contributed by atoms with van der Waals surface area (Å²) < 4.78 is 15.3. The lowest BCUT2D eigenvalue weighted by atomic mass is 10.2. The molecule has 0 aromatic carbocycles. The van der Waals surface area contributed by atoms with Crippen LogP contribution < -0.4 is 4.90 Å². The van der Waals surface area contributed by atoms with Gasteiger partial charge >= 0.3 is 5.97 Å². The summed E-state index contributed by atoms with van der Waals surface area (Å²) in [5.41, 5.74) is 1.69. The Morgan fingerprint density at radius 3 is 2.79 bits per heavy atom. The van der Waals surface area contributed by atoms with Gasteiger partial charge in [-0.05, 0) is 19.4 Å². The molecule has 0 saturated heterocycles. The Morgan fingerprint density at radius 1 is 1.33 bits per heavy atom. The molecule has 0 N–H and O–H groups in total. The van der Waals surface area contributed by atoms with Crippen molar-refractivity contribution in [2.75, 3.05) is 38.3 Å². The Bertz CT molecular complexity index is 643. The van der Waals surface area contributed by atoms with Crippen molar-refractivity contribution in [1.82, 2.24) is 9.97 Å². The summed E-state index contributed by atoms with van der Waals surface area (Å²) >= 11 is 0. The number of hydrogen-bond donors (Lipinski definition) is 0. The fourth-order valence-electron chi connectivity index (χ4n) is 2.19. The van der Waals surface area contributed by atoms with Gasteiger partial charge in [0, 0.05) is 25.4 Å². The number of esters is 1. The molecule has 0 amide bonds. The Labute approximate surface area is 141 Å². The quantitative estimate of drug-likeness (QED) is 0.652. The van der Waals surface area contributed by atoms with Crippen molar-refractivity contribution in [2.24, 2.45) is 0 Å². The highest BCUT2D eigenvalue weighted by Gasteiger charge is 2.16. The maximum atomic E-state index is 11.9. The minimum Gasteiger partial charge on any atom is -0.472 e. The third kappa shape index (κ3) is 4.79. The number of furan rings is 1. The van der Waals surface area contributed by atoms with Crippen LogP contribution in [0.5, 0.6) is 0 Å². The Morgan fingerprint density at radius 2 is 2.17 bits per heavy atom. The molecular formula is C17H23N3O4. The van der Waals surface area contributed by atoms with Crippen LogP contribution in [0.3, 0.4) is 0 Å². The van der Waals surface area contributed by atoms with Crippen LogP contribution in [0.1, 0.15) is 19.5 Å². The number of hydrogen-bond acceptors (Lipinski definition) is 7. The first kappa shape index (κ1) is 17.9. The third-order valence-electron chi connectivity index (χ3n) is 3.42. The molecule has 2 aromatic heterocycles. The van der Waals surface area contributed by atoms with Crippen LogP contribution in [0, 0.1) is 0 Å². The largest absolute Gasteiger partial charge is 0.472 e. The van der Waals surface area contributed by atoms with Crippen LogP contribution in [-0.2, 0) is 20.7 Å². The first-order valence-electron chi connectivity index (χ1n) is 7.98. The molecule has 0 fully saturated rings. The fourth-order valence-corrected chi connectivity index (χ4v) is 2.19. The number of carbonyl (C=O) groups is 1. The molecule has 2 heterocycles. The minimum absolute atomic E-state index is 0.113. The number of methoxy groups -OCH3 is 1. The molecule has 2 aromatic rings. The van der Waals surface area contributed by atoms with Gasteiger partial charge in [0.2, 0.25) is 0 Å². The summed E-state index contributed by atoms with van der Waals surface area (Å²) in [6.07, 6.45) is 3.94. The van der Waals surface area contributed by atoms with Gasteiger partial charge in [0.05, 0.1) is 25.0 Å². The van der Waals surface area contributed by atoms with Crippen LogP contribution in [-0.4, -0.2) is 49.4 Å². The number of aryl methyl sites for hydroxylation is 1. The van der Waals surface area contributed by atoms with Gasteiger partial charge in [-0.3, -0.25) is 4.79 Å². The van der Waals surface area contributed by atoms with Crippen LogP contribution in [0.2, 0.25) is 0 Å². The lowest BCUT2D eigenvalue weighted by Gasteiger charge is -2.23. The van der Waals surface area contributed by atoms with Crippen molar-refractivity contribution in [3.8, 4) is 11.4 Å². The van der Waals surface area contributed by atoms with Crippen LogP contribution in [0.15, 0.2) is 29.1 Å². The van der Waals surface area contributed by atoms with E-state index in [-0.39, 0.29) is 12.5 Å². The van der Waals surface area contributed by atoms with E-state index in [1.807, 2.05) is 24.0 Å². The van der Waals surface area contributed by atoms with Crippen molar-refractivity contribution in [2.45, 2.75) is 20.3 Å². The number of nitrogens with zero attached hydrogens (tertiary/aromatic N) is 3. The zero-order chi connectivity index (χ0) is 17.4. The van der Waals surface area contributed by atoms with Gasteiger partial charge in [0.25, 0.3) is 0 Å². The van der Waals surface area contributed by atoms with Gasteiger partial charge in [-0.25, -0.2) is 9.97 Å². The average molecular weight is 333 g/mol. The number of aromatic nitrogens is 2. The summed E-state index contributed by atoms with van der Waals surface area (Å²) in [7, 11) is 1.62. The fraction of sp³-hybridized carbons (Fsp3) is 0.471. The second-order valence-electron chi connectivity index (χ2n) is 5.13. The molecule has 0 aliphatic heterocycles. The topological polar surface area (TPSA) is 77.7 Å². The molecular weight excluding hydrogens is 310 g/mol. The lowest BCUT2D eigenvalue weighted by molar-refractivity contribution is -0.141. The zero-order valence-corrected chi connectivity index (χ0v) is 14.3. The van der Waals surface area contributed by atoms with Gasteiger partial charge in [-0.15, -0.1) is 0 Å². The van der Waals surface area contributed by atoms with Crippen LogP contribution in [0.25, 0.3) is 11.4 Å². The molecule has 0 bridgehead atoms. The SMILES string of the molecule is CCOC(=O)CN(CCOC)c1cc(CC)nc(-c2ccoc2)n1. The van der Waals surface area contributed by atoms with Crippen LogP contribution >= 0.6 is 0 Å². The molecule has 130 valence electrons. The lowest BCUT2D eigenvalue weighted by Crippen LogP contribution is -2.34. The smallest absolute Gasteiger partial charge is 0.325 e. The van der Waals surface area contributed by atoms with Gasteiger partial charge < -0.3 is 18.8 Å². The summed E-state index contributed by atoms with van der Waals surface area (Å²) in [6.45, 7) is 5.28. The highest BCUT2D eigenvalue weighted by molar-refractivity contribution is 5.75. The number of carbonyl (C=O) groups excluding carboxylic acids is 1. The second kappa shape index (κ2) is 9.02. The molecule has 0 aliphatic rings. The summed E-state index contributed by atoms with van der Waals surface area (Å²) in [5.74, 6) is 0.947. The van der Waals surface area contributed by atoms with E-state index < -0.39 is 0 Å². The van der Waals surface area contributed by atoms with Gasteiger partial charge in [-0.2, -0.15) is 0 Å². The van der Waals surface area contributed by atoms with E-state index in [0.29, 0.717) is 31.4 Å². The van der Waals surface area contributed by atoms with Crippen molar-refractivity contribution < 1.29 is 18.7 Å². The summed E-state index contributed by atoms with van der Waals surface area (Å²) in [4.78, 5) is 22.8. The highest BCUT2D eigenvalue weighted by atomic mass is 16.5. The predicted molar refractivity (Wildman–Crippen MR) is 89.8 cm³/mol. The predicted octanol–water partition coefficient (Wildman–Crippen LogP) is 2.31. The molecule has 0 aliphatic carbocycles. The van der Waals surface area contributed by atoms with E-state index in [4.69, 9.17) is 13.9 Å². The molecule has 7 nitrogen and oxygen atoms in total. The van der Waals surface area contributed by atoms with E-state index in [1.54, 1.807) is 26.6 Å². The van der Waals surface area contributed by atoms with Crippen LogP contribution in [0.4, 0.5) is 5.82 Å². The average Bonchev–Trinajstić information content (AvgIpc) is 3.13. The molecule has 7 heteroatoms. The number of ether oxygens (including phenoxy) is 2. The third-order valence-corrected chi connectivity index (χ3v) is 3.42. The van der Waals surface area contributed by atoms with Crippen molar-refractivity contribution in [3.05, 3.63) is 30.4 Å². The van der Waals surface area contributed by atoms with E-state index >= 15 is 0 Å². The first-order valence-corrected chi connectivity index (χ1v) is 7.98. The Hall–Kier alpha value is -2.41. The second-order valence-corrected chi connectivity index (χ2v) is 5.13. The monoisotopic (exact) mass is 333 g/mol. The first-order chi connectivity index (χ1) is 11.7. The molecule has 0 spiro atoms. The maximum absolute atomic E-state index is 11.9. The van der Waals surface area contributed by atoms with Gasteiger partial charge in [0.15, 0.2) is 5.82 Å². The van der Waals surface area contributed by atoms with Crippen molar-refractivity contribution in [3.63, 3.8) is 0 Å². The zero-order valence-electron chi connectivity index (χ0n) is 14.3. The summed E-state index contributed by atoms with van der Waals surface area (Å²) in [6, 6.07) is 3.70. The van der Waals surface area contributed by atoms with E-state index in [1.165, 1.54) is 0 Å². The number of rotatable bonds is 9. The molecule has 0 radical (unpaired) electrons. The van der Waals surface area contributed by atoms with E-state index in [2.05, 4.69) is 9.97 Å². The molecule has 0 saturated carbocycles. The maximum Gasteiger partial charge on any atom is 0.325 e. The molecule has 0 unspecified atom stereocenters. The van der Waals surface area contributed by atoms with E-state index in [9.17, 15) is 4.79 Å². The van der Waals surface area contributed by atoms with E-state index in [0.717, 1.165) is 17.7 Å². The highest BCUT2D eigenvalue weighted by Crippen LogP contribution is 2.21. The molecule has 24 heavy (non-hydrogen) atoms. The van der Waals surface area contributed by atoms with Crippen molar-refractivity contribution >= 4 is 11.8 Å². The summed E-state index contributed by atoms with van der Waals surface area (Å²) in [5, 5.41) is 0. The Kier molecular flexibility index (Phi) is 6.74.